The molecule has 0 fully saturated rings. The van der Waals surface area contributed by atoms with E-state index < -0.39 is 64.5 Å². The van der Waals surface area contributed by atoms with Crippen molar-refractivity contribution in [1.82, 2.24) is 0 Å². The number of rotatable bonds is 7. The van der Waals surface area contributed by atoms with Crippen LogP contribution in [0.1, 0.15) is 33.0 Å². The van der Waals surface area contributed by atoms with Gasteiger partial charge in [0.05, 0.1) is 21.1 Å². The summed E-state index contributed by atoms with van der Waals surface area (Å²) in [6, 6.07) is 11.8. The number of nitrogens with zero attached hydrogens (tertiary/aromatic N) is 1. The second kappa shape index (κ2) is 11.6. The maximum atomic E-state index is 15.0. The molecular weight excluding hydrogens is 654 g/mol. The molecule has 0 spiro atoms. The van der Waals surface area contributed by atoms with Gasteiger partial charge in [0.2, 0.25) is 0 Å². The second-order valence-corrected chi connectivity index (χ2v) is 9.91. The fourth-order valence-corrected chi connectivity index (χ4v) is 4.84. The first-order valence-electron chi connectivity index (χ1n) is 10.7. The van der Waals surface area contributed by atoms with Crippen LogP contribution in [0.4, 0.5) is 40.8 Å². The van der Waals surface area contributed by atoms with Crippen LogP contribution in [0.2, 0.25) is 0 Å². The van der Waals surface area contributed by atoms with Crippen LogP contribution in [0.25, 0.3) is 5.83 Å². The van der Waals surface area contributed by atoms with Gasteiger partial charge in [-0.15, -0.1) is 0 Å². The molecule has 1 atom stereocenters. The van der Waals surface area contributed by atoms with Crippen LogP contribution in [0.3, 0.4) is 0 Å². The number of hydrogen-bond donors (Lipinski definition) is 0. The fourth-order valence-electron chi connectivity index (χ4n) is 3.62. The summed E-state index contributed by atoms with van der Waals surface area (Å²) in [7, 11) is 1.50. The number of para-hydroxylation sites is 1. The Kier molecular flexibility index (Phi) is 9.08. The van der Waals surface area contributed by atoms with Crippen molar-refractivity contribution in [2.75, 3.05) is 18.5 Å². The van der Waals surface area contributed by atoms with E-state index in [1.165, 1.54) is 11.9 Å². The average Bonchev–Trinajstić information content (AvgIpc) is 2.84. The molecule has 0 saturated carbocycles. The molecule has 3 aromatic carbocycles. The normalized spacial score (nSPS) is 13.4. The summed E-state index contributed by atoms with van der Waals surface area (Å²) in [6.07, 6.45) is -10.0. The van der Waals surface area contributed by atoms with Gasteiger partial charge in [-0.25, -0.2) is 8.78 Å². The lowest BCUT2D eigenvalue weighted by molar-refractivity contribution is -0.140. The molecule has 0 aromatic heterocycles. The molecule has 0 aliphatic heterocycles. The molecule has 3 aromatic rings. The van der Waals surface area contributed by atoms with E-state index >= 15 is 4.39 Å². The molecule has 0 N–H and O–H groups in total. The number of hydrogen-bond acceptors (Lipinski definition) is 2. The summed E-state index contributed by atoms with van der Waals surface area (Å²) in [6.45, 7) is -0.435. The minimum absolute atomic E-state index is 0.103. The van der Waals surface area contributed by atoms with Crippen molar-refractivity contribution in [1.29, 1.82) is 0 Å². The van der Waals surface area contributed by atoms with Crippen LogP contribution < -0.4 is 4.90 Å². The van der Waals surface area contributed by atoms with Crippen molar-refractivity contribution >= 4 is 49.2 Å². The smallest absolute Gasteiger partial charge is 0.367 e. The minimum Gasteiger partial charge on any atom is -0.367 e. The SMILES string of the molecule is CN(CC(=O)c1ccc(/C(F)=C/C(c2cc(Br)c(F)c(Br)c2)C(F)(F)F)cc1C(F)(F)F)c1ccccc1. The lowest BCUT2D eigenvalue weighted by atomic mass is 9.95. The minimum atomic E-state index is -5.09. The Bertz CT molecular complexity index is 1330. The molecule has 38 heavy (non-hydrogen) atoms. The highest BCUT2D eigenvalue weighted by molar-refractivity contribution is 9.11. The van der Waals surface area contributed by atoms with Gasteiger partial charge in [0, 0.05) is 23.9 Å². The van der Waals surface area contributed by atoms with Crippen LogP contribution in [0.15, 0.2) is 75.7 Å². The number of carbonyl (C=O) groups excluding carboxylic acids is 1. The van der Waals surface area contributed by atoms with Crippen LogP contribution in [-0.4, -0.2) is 25.6 Å². The van der Waals surface area contributed by atoms with Crippen LogP contribution in [0.5, 0.6) is 0 Å². The number of ketones is 1. The average molecular weight is 671 g/mol. The number of halogens is 10. The van der Waals surface area contributed by atoms with Crippen molar-refractivity contribution in [3.8, 4) is 0 Å². The predicted octanol–water partition coefficient (Wildman–Crippen LogP) is 9.35. The number of carbonyl (C=O) groups is 1. The highest BCUT2D eigenvalue weighted by atomic mass is 79.9. The van der Waals surface area contributed by atoms with Gasteiger partial charge >= 0.3 is 12.4 Å². The molecule has 0 amide bonds. The Hall–Kier alpha value is -2.73. The van der Waals surface area contributed by atoms with E-state index in [4.69, 9.17) is 0 Å². The van der Waals surface area contributed by atoms with E-state index in [0.717, 1.165) is 24.3 Å². The summed E-state index contributed by atoms with van der Waals surface area (Å²) in [4.78, 5) is 14.1. The Labute approximate surface area is 229 Å². The molecule has 0 radical (unpaired) electrons. The standard InChI is InChI=1S/C26H17Br2F8NO/c1-37(16-5-3-2-4-6-16)13-23(38)17-8-7-14(9-19(17)26(34,35)36)22(29)12-18(25(31,32)33)15-10-20(27)24(30)21(28)11-15/h2-12,18H,13H2,1H3/b22-12-. The number of alkyl halides is 6. The van der Waals surface area contributed by atoms with Crippen molar-refractivity contribution in [3.63, 3.8) is 0 Å². The van der Waals surface area contributed by atoms with Gasteiger partial charge in [0.25, 0.3) is 0 Å². The van der Waals surface area contributed by atoms with Gasteiger partial charge in [-0.3, -0.25) is 4.79 Å². The molecule has 1 unspecified atom stereocenters. The van der Waals surface area contributed by atoms with Gasteiger partial charge in [-0.05, 0) is 73.8 Å². The molecule has 0 aliphatic carbocycles. The third-order valence-corrected chi connectivity index (χ3v) is 6.66. The van der Waals surface area contributed by atoms with E-state index in [1.54, 1.807) is 30.3 Å². The molecular formula is C26H17Br2F8NO. The number of allylic oxidation sites excluding steroid dienone is 1. The zero-order valence-electron chi connectivity index (χ0n) is 19.3. The quantitative estimate of drug-likeness (QED) is 0.142. The Morgan fingerprint density at radius 2 is 1.53 bits per heavy atom. The largest absolute Gasteiger partial charge is 0.417 e. The first kappa shape index (κ1) is 29.8. The first-order chi connectivity index (χ1) is 17.6. The van der Waals surface area contributed by atoms with Crippen LogP contribution in [-0.2, 0) is 6.18 Å². The molecule has 12 heteroatoms. The Morgan fingerprint density at radius 1 is 0.947 bits per heavy atom. The maximum absolute atomic E-state index is 15.0. The number of benzene rings is 3. The molecule has 202 valence electrons. The summed E-state index contributed by atoms with van der Waals surface area (Å²) in [5.41, 5.74) is -3.03. The first-order valence-corrected chi connectivity index (χ1v) is 12.3. The topological polar surface area (TPSA) is 20.3 Å². The van der Waals surface area contributed by atoms with Gasteiger partial charge in [0.1, 0.15) is 11.7 Å². The lowest BCUT2D eigenvalue weighted by Crippen LogP contribution is -2.27. The van der Waals surface area contributed by atoms with Gasteiger partial charge in [-0.1, -0.05) is 30.3 Å². The summed E-state index contributed by atoms with van der Waals surface area (Å²) in [5, 5.41) is 0. The van der Waals surface area contributed by atoms with Crippen LogP contribution >= 0.6 is 31.9 Å². The highest BCUT2D eigenvalue weighted by Gasteiger charge is 2.41. The van der Waals surface area contributed by atoms with Crippen molar-refractivity contribution in [2.24, 2.45) is 0 Å². The van der Waals surface area contributed by atoms with E-state index in [2.05, 4.69) is 31.9 Å². The molecule has 0 bridgehead atoms. The lowest BCUT2D eigenvalue weighted by Gasteiger charge is -2.20. The van der Waals surface area contributed by atoms with Crippen molar-refractivity contribution < 1.29 is 39.9 Å². The van der Waals surface area contributed by atoms with E-state index in [9.17, 15) is 35.5 Å². The molecule has 3 rings (SSSR count). The van der Waals surface area contributed by atoms with E-state index in [0.29, 0.717) is 11.8 Å². The van der Waals surface area contributed by atoms with E-state index in [1.807, 2.05) is 0 Å². The highest BCUT2D eigenvalue weighted by Crippen LogP contribution is 2.41. The van der Waals surface area contributed by atoms with Gasteiger partial charge < -0.3 is 4.90 Å². The number of Topliss-reactive ketones (excluding diaryl/α,β-unsaturated/α-hetero) is 1. The molecule has 0 aliphatic rings. The molecule has 0 saturated heterocycles. The third kappa shape index (κ3) is 7.02. The number of anilines is 1. The fraction of sp³-hybridized carbons (Fsp3) is 0.192. The molecule has 0 heterocycles. The van der Waals surface area contributed by atoms with Crippen LogP contribution in [0, 0.1) is 5.82 Å². The van der Waals surface area contributed by atoms with Crippen molar-refractivity contribution in [3.05, 3.63) is 104 Å². The van der Waals surface area contributed by atoms with Gasteiger partial charge in [-0.2, -0.15) is 26.3 Å². The van der Waals surface area contributed by atoms with Crippen molar-refractivity contribution in [2.45, 2.75) is 18.3 Å². The molecule has 2 nitrogen and oxygen atoms in total. The summed E-state index contributed by atoms with van der Waals surface area (Å²) >= 11 is 5.56. The maximum Gasteiger partial charge on any atom is 0.417 e. The predicted molar refractivity (Wildman–Crippen MR) is 135 cm³/mol. The van der Waals surface area contributed by atoms with E-state index in [-0.39, 0.29) is 15.0 Å². The second-order valence-electron chi connectivity index (χ2n) is 8.21. The number of likely N-dealkylation sites (N-methyl/N-ethyl adjacent to an activating group) is 1. The third-order valence-electron chi connectivity index (χ3n) is 5.51. The Balaban J connectivity index is 2.01. The summed E-state index contributed by atoms with van der Waals surface area (Å²) in [5.74, 6) is -6.01. The van der Waals surface area contributed by atoms with Gasteiger partial charge in [0.15, 0.2) is 11.6 Å². The zero-order chi connectivity index (χ0) is 28.4. The monoisotopic (exact) mass is 669 g/mol. The zero-order valence-corrected chi connectivity index (χ0v) is 22.4. The summed E-state index contributed by atoms with van der Waals surface area (Å²) < 4.78 is 111. The Morgan fingerprint density at radius 3 is 2.05 bits per heavy atom.